The van der Waals surface area contributed by atoms with E-state index in [1.54, 1.807) is 0 Å². The molecule has 0 unspecified atom stereocenters. The number of rotatable bonds is 8. The molecule has 0 aliphatic heterocycles. The summed E-state index contributed by atoms with van der Waals surface area (Å²) in [6, 6.07) is 60.4. The molecule has 0 saturated carbocycles. The number of nitrogens with zero attached hydrogens (tertiary/aromatic N) is 3. The molecule has 7 aromatic carbocycles. The number of aromatic nitrogens is 3. The van der Waals surface area contributed by atoms with Gasteiger partial charge < -0.3 is 5.11 Å². The van der Waals surface area contributed by atoms with E-state index in [1.165, 1.54) is 22.3 Å². The van der Waals surface area contributed by atoms with Crippen LogP contribution < -0.4 is 0 Å². The first-order valence-corrected chi connectivity index (χ1v) is 25.2. The van der Waals surface area contributed by atoms with Gasteiger partial charge in [0.2, 0.25) is 0 Å². The van der Waals surface area contributed by atoms with E-state index in [0.717, 1.165) is 72.5 Å². The maximum Gasteiger partial charge on any atom is 0.148 e. The van der Waals surface area contributed by atoms with Crippen LogP contribution in [0.2, 0.25) is 0 Å². The van der Waals surface area contributed by atoms with Crippen molar-refractivity contribution in [1.82, 2.24) is 14.5 Å². The molecular weight excluding hydrogens is 1060 g/mol. The van der Waals surface area contributed by atoms with Crippen LogP contribution in [0.5, 0.6) is 5.75 Å². The summed E-state index contributed by atoms with van der Waals surface area (Å²) in [4.78, 5) is 10.7. The van der Waals surface area contributed by atoms with Crippen molar-refractivity contribution in [2.45, 2.75) is 119 Å². The maximum atomic E-state index is 12.7. The van der Waals surface area contributed by atoms with Crippen molar-refractivity contribution < 1.29 is 26.2 Å². The van der Waals surface area contributed by atoms with Crippen LogP contribution >= 0.6 is 0 Å². The molecule has 0 atom stereocenters. The van der Waals surface area contributed by atoms with E-state index in [0.29, 0.717) is 11.4 Å². The number of pyridine rings is 1. The molecule has 2 heterocycles. The second kappa shape index (κ2) is 19.2. The van der Waals surface area contributed by atoms with Gasteiger partial charge in [-0.2, -0.15) is 0 Å². The number of benzene rings is 7. The van der Waals surface area contributed by atoms with Gasteiger partial charge in [0.15, 0.2) is 0 Å². The zero-order valence-corrected chi connectivity index (χ0v) is 47.0. The van der Waals surface area contributed by atoms with Gasteiger partial charge in [0, 0.05) is 44.1 Å². The topological polar surface area (TPSA) is 50.9 Å². The maximum absolute atomic E-state index is 12.7. The molecule has 5 heteroatoms. The van der Waals surface area contributed by atoms with Crippen LogP contribution in [-0.2, 0) is 42.7 Å². The third kappa shape index (κ3) is 10.1. The van der Waals surface area contributed by atoms with Gasteiger partial charge in [-0.15, -0.1) is 29.3 Å². The van der Waals surface area contributed by atoms with Crippen molar-refractivity contribution in [2.75, 3.05) is 0 Å². The van der Waals surface area contributed by atoms with Gasteiger partial charge >= 0.3 is 0 Å². The summed E-state index contributed by atoms with van der Waals surface area (Å²) in [5.74, 6) is 0.931. The summed E-state index contributed by atoms with van der Waals surface area (Å²) in [7, 11) is 0. The minimum Gasteiger partial charge on any atom is -0.507 e. The van der Waals surface area contributed by atoms with Crippen molar-refractivity contribution in [3.05, 3.63) is 192 Å². The van der Waals surface area contributed by atoms with Crippen molar-refractivity contribution in [3.8, 4) is 78.6 Å². The largest absolute Gasteiger partial charge is 0.507 e. The van der Waals surface area contributed by atoms with Gasteiger partial charge in [0.05, 0.1) is 22.3 Å². The summed E-state index contributed by atoms with van der Waals surface area (Å²) >= 11 is 0. The van der Waals surface area contributed by atoms with Gasteiger partial charge in [-0.25, -0.2) is 4.98 Å². The molecule has 9 rings (SSSR count). The molecular formula is C67H70N3OPt-. The number of fused-ring (bicyclic) bond motifs is 1. The molecule has 0 aliphatic rings. The van der Waals surface area contributed by atoms with Crippen molar-refractivity contribution >= 4 is 11.0 Å². The number of phenols is 1. The number of para-hydroxylation sites is 1. The zero-order valence-electron chi connectivity index (χ0n) is 44.7. The van der Waals surface area contributed by atoms with E-state index in [2.05, 4.69) is 265 Å². The average Bonchev–Trinajstić information content (AvgIpc) is 3.72. The second-order valence-electron chi connectivity index (χ2n) is 24.2. The summed E-state index contributed by atoms with van der Waals surface area (Å²) in [6.45, 7) is 31.6. The van der Waals surface area contributed by atoms with Crippen LogP contribution in [0.25, 0.3) is 83.9 Å². The molecule has 9 aromatic rings. The van der Waals surface area contributed by atoms with E-state index >= 15 is 0 Å². The molecule has 2 aromatic heterocycles. The number of aromatic hydroxyl groups is 1. The molecule has 0 saturated heterocycles. The molecule has 0 amide bonds. The van der Waals surface area contributed by atoms with E-state index < -0.39 is 0 Å². The van der Waals surface area contributed by atoms with Crippen LogP contribution in [0.4, 0.5) is 0 Å². The van der Waals surface area contributed by atoms with Gasteiger partial charge in [0.1, 0.15) is 11.6 Å². The van der Waals surface area contributed by atoms with E-state index in [-0.39, 0.29) is 53.9 Å². The van der Waals surface area contributed by atoms with E-state index in [4.69, 9.17) is 9.97 Å². The summed E-state index contributed by atoms with van der Waals surface area (Å²) in [5, 5.41) is 12.7. The minimum absolute atomic E-state index is 0. The van der Waals surface area contributed by atoms with E-state index in [1.807, 2.05) is 6.20 Å². The van der Waals surface area contributed by atoms with Crippen LogP contribution in [0.15, 0.2) is 164 Å². The van der Waals surface area contributed by atoms with Crippen molar-refractivity contribution in [1.29, 1.82) is 0 Å². The molecule has 0 fully saturated rings. The molecule has 72 heavy (non-hydrogen) atoms. The number of hydrogen-bond acceptors (Lipinski definition) is 3. The quantitative estimate of drug-likeness (QED) is 0.154. The van der Waals surface area contributed by atoms with Gasteiger partial charge in [0.25, 0.3) is 0 Å². The predicted octanol–water partition coefficient (Wildman–Crippen LogP) is 18.1. The van der Waals surface area contributed by atoms with Crippen LogP contribution in [-0.4, -0.2) is 19.6 Å². The monoisotopic (exact) mass is 1130 g/mol. The van der Waals surface area contributed by atoms with Crippen LogP contribution in [0.1, 0.15) is 119 Å². The second-order valence-corrected chi connectivity index (χ2v) is 24.2. The fraction of sp³-hybridized carbons (Fsp3) is 0.284. The standard InChI is InChI=1S/C67H70N3O.Pt/c1-63(2,3)51-37-48(36-49(38-51)57-39-47(34-35-68-57)45-30-28-44(29-31-45)43-22-17-15-18-23-43)53-26-21-27-59-60(53)69-62(55-41-52(64(4,5)6)42-56(61(55)71)65(7,8)9)70(59)58-33-32-50(67(13,14)66(10,11)12)40-54(58)46-24-19-16-20-25-46;/h15-35,37-42,71H,1-14H3;/q-1;. The Morgan fingerprint density at radius 3 is 1.61 bits per heavy atom. The predicted molar refractivity (Wildman–Crippen MR) is 301 cm³/mol. The average molecular weight is 1130 g/mol. The Bertz CT molecular complexity index is 3410. The molecule has 0 radical (unpaired) electrons. The Balaban J connectivity index is 0.00000693. The summed E-state index contributed by atoms with van der Waals surface area (Å²) in [6.07, 6.45) is 1.91. The Hall–Kier alpha value is -6.35. The third-order valence-electron chi connectivity index (χ3n) is 15.0. The van der Waals surface area contributed by atoms with Crippen molar-refractivity contribution in [3.63, 3.8) is 0 Å². The smallest absolute Gasteiger partial charge is 0.148 e. The fourth-order valence-electron chi connectivity index (χ4n) is 9.48. The number of imidazole rings is 1. The van der Waals surface area contributed by atoms with E-state index in [9.17, 15) is 5.11 Å². The minimum atomic E-state index is -0.340. The first kappa shape index (κ1) is 52.0. The fourth-order valence-corrected chi connectivity index (χ4v) is 9.48. The third-order valence-corrected chi connectivity index (χ3v) is 15.0. The van der Waals surface area contributed by atoms with Crippen LogP contribution in [0.3, 0.4) is 0 Å². The Labute approximate surface area is 443 Å². The normalized spacial score (nSPS) is 12.5. The zero-order chi connectivity index (χ0) is 50.8. The SMILES string of the molecule is CC(C)(C)c1cc(-c2cc(-c3ccc(-c4ccccc4)cc3)ccn2)[c-]c(-c2cccc3c2nc(-c2cc(C(C)(C)C)cc(C(C)(C)C)c2O)n3-c2ccc(C(C)(C)C(C)(C)C)cc2-c2ccccc2)c1.[Pt]. The molecule has 370 valence electrons. The molecule has 0 bridgehead atoms. The Morgan fingerprint density at radius 2 is 1.01 bits per heavy atom. The number of hydrogen-bond donors (Lipinski definition) is 1. The molecule has 1 N–H and O–H groups in total. The Kier molecular flexibility index (Phi) is 13.9. The van der Waals surface area contributed by atoms with Gasteiger partial charge in [-0.05, 0) is 96.4 Å². The summed E-state index contributed by atoms with van der Waals surface area (Å²) in [5.41, 5.74) is 17.5. The Morgan fingerprint density at radius 1 is 0.458 bits per heavy atom. The van der Waals surface area contributed by atoms with Gasteiger partial charge in [-0.3, -0.25) is 9.55 Å². The molecule has 4 nitrogen and oxygen atoms in total. The van der Waals surface area contributed by atoms with Crippen LogP contribution in [0, 0.1) is 11.5 Å². The first-order valence-electron chi connectivity index (χ1n) is 25.2. The molecule has 0 spiro atoms. The molecule has 0 aliphatic carbocycles. The van der Waals surface area contributed by atoms with Crippen molar-refractivity contribution in [2.24, 2.45) is 5.41 Å². The first-order chi connectivity index (χ1) is 33.4. The van der Waals surface area contributed by atoms with Gasteiger partial charge in [-0.1, -0.05) is 223 Å². The number of phenolic OH excluding ortho intramolecular Hbond substituents is 1. The summed E-state index contributed by atoms with van der Waals surface area (Å²) < 4.78 is 2.30.